The number of esters is 1. The van der Waals surface area contributed by atoms with E-state index in [1.54, 1.807) is 31.2 Å². The van der Waals surface area contributed by atoms with Gasteiger partial charge in [0.2, 0.25) is 5.88 Å². The number of nitrogens with zero attached hydrogens (tertiary/aromatic N) is 3. The lowest BCUT2D eigenvalue weighted by atomic mass is 10.1. The van der Waals surface area contributed by atoms with Crippen LogP contribution in [-0.4, -0.2) is 41.7 Å². The van der Waals surface area contributed by atoms with Crippen LogP contribution in [0.1, 0.15) is 22.8 Å². The molecule has 0 saturated heterocycles. The fraction of sp³-hybridized carbons (Fsp3) is 0.235. The highest BCUT2D eigenvalue weighted by Crippen LogP contribution is 2.27. The molecule has 0 saturated carbocycles. The van der Waals surface area contributed by atoms with Gasteiger partial charge in [-0.25, -0.2) is 14.6 Å². The molecule has 2 rings (SSSR count). The van der Waals surface area contributed by atoms with Crippen LogP contribution in [0.5, 0.6) is 5.88 Å². The molecule has 0 spiro atoms. The summed E-state index contributed by atoms with van der Waals surface area (Å²) in [6, 6.07) is 7.89. The average molecular weight is 370 g/mol. The monoisotopic (exact) mass is 370 g/mol. The molecule has 0 atom stereocenters. The lowest BCUT2D eigenvalue weighted by Crippen LogP contribution is -2.33. The Hall–Kier alpha value is -3.87. The van der Waals surface area contributed by atoms with Crippen LogP contribution in [0.2, 0.25) is 0 Å². The molecule has 0 aliphatic rings. The van der Waals surface area contributed by atoms with E-state index in [1.807, 2.05) is 6.07 Å². The Morgan fingerprint density at radius 3 is 2.78 bits per heavy atom. The highest BCUT2D eigenvalue weighted by molar-refractivity contribution is 5.97. The maximum atomic E-state index is 12.2. The predicted octanol–water partition coefficient (Wildman–Crippen LogP) is 0.821. The van der Waals surface area contributed by atoms with Gasteiger partial charge in [0.25, 0.3) is 0 Å². The first-order valence-corrected chi connectivity index (χ1v) is 7.97. The number of primary amides is 1. The van der Waals surface area contributed by atoms with Gasteiger partial charge in [-0.3, -0.25) is 0 Å². The topological polar surface area (TPSA) is 166 Å². The summed E-state index contributed by atoms with van der Waals surface area (Å²) < 4.78 is 10.5. The molecule has 0 bridgehead atoms. The first kappa shape index (κ1) is 19.5. The maximum Gasteiger partial charge on any atom is 0.347 e. The number of hydrogen-bond donors (Lipinski definition) is 3. The summed E-state index contributed by atoms with van der Waals surface area (Å²) in [6.45, 7) is 1.87. The summed E-state index contributed by atoms with van der Waals surface area (Å²) in [6.07, 6.45) is 0. The summed E-state index contributed by atoms with van der Waals surface area (Å²) in [4.78, 5) is 31.3. The van der Waals surface area contributed by atoms with Crippen molar-refractivity contribution in [1.29, 1.82) is 5.26 Å². The van der Waals surface area contributed by atoms with Crippen molar-refractivity contribution in [3.8, 4) is 23.3 Å². The Kier molecular flexibility index (Phi) is 6.49. The zero-order valence-electron chi connectivity index (χ0n) is 14.6. The van der Waals surface area contributed by atoms with Gasteiger partial charge >= 0.3 is 12.0 Å². The molecule has 2 aromatic rings. The number of rotatable bonds is 7. The number of ether oxygens (including phenoxy) is 2. The second-order valence-corrected chi connectivity index (χ2v) is 5.17. The molecule has 27 heavy (non-hydrogen) atoms. The number of amides is 2. The van der Waals surface area contributed by atoms with E-state index in [9.17, 15) is 9.59 Å². The van der Waals surface area contributed by atoms with E-state index in [1.165, 1.54) is 0 Å². The number of carbonyl (C=O) groups excluding carboxylic acids is 2. The molecule has 0 radical (unpaired) electrons. The van der Waals surface area contributed by atoms with Crippen molar-refractivity contribution < 1.29 is 19.1 Å². The van der Waals surface area contributed by atoms with Gasteiger partial charge < -0.3 is 26.3 Å². The normalized spacial score (nSPS) is 9.93. The average Bonchev–Trinajstić information content (AvgIpc) is 2.64. The highest BCUT2D eigenvalue weighted by atomic mass is 16.5. The van der Waals surface area contributed by atoms with Crippen molar-refractivity contribution in [2.45, 2.75) is 6.92 Å². The minimum absolute atomic E-state index is 0.0104. The Balaban J connectivity index is 2.41. The third kappa shape index (κ3) is 5.05. The molecule has 1 aromatic carbocycles. The molecule has 0 unspecified atom stereocenters. The number of nitrogen functional groups attached to an aromatic ring is 1. The zero-order valence-corrected chi connectivity index (χ0v) is 14.6. The molecule has 0 aliphatic carbocycles. The summed E-state index contributed by atoms with van der Waals surface area (Å²) in [5, 5.41) is 11.4. The molecular formula is C17H18N6O4. The van der Waals surface area contributed by atoms with Gasteiger partial charge in [-0.1, -0.05) is 12.1 Å². The molecule has 10 heteroatoms. The van der Waals surface area contributed by atoms with E-state index in [2.05, 4.69) is 15.3 Å². The number of hydrogen-bond acceptors (Lipinski definition) is 8. The highest BCUT2D eigenvalue weighted by Gasteiger charge is 2.23. The first-order valence-electron chi connectivity index (χ1n) is 7.97. The predicted molar refractivity (Wildman–Crippen MR) is 95.6 cm³/mol. The van der Waals surface area contributed by atoms with Crippen molar-refractivity contribution in [2.75, 3.05) is 25.5 Å². The number of benzene rings is 1. The fourth-order valence-corrected chi connectivity index (χ4v) is 2.14. The van der Waals surface area contributed by atoms with Crippen molar-refractivity contribution >= 4 is 17.8 Å². The number of nitrogens with one attached hydrogen (secondary N) is 1. The minimum atomic E-state index is -0.731. The quantitative estimate of drug-likeness (QED) is 0.475. The van der Waals surface area contributed by atoms with E-state index >= 15 is 0 Å². The van der Waals surface area contributed by atoms with Crippen molar-refractivity contribution in [1.82, 2.24) is 15.3 Å². The van der Waals surface area contributed by atoms with Crippen LogP contribution < -0.4 is 21.5 Å². The van der Waals surface area contributed by atoms with Gasteiger partial charge in [0, 0.05) is 5.56 Å². The molecular weight excluding hydrogens is 352 g/mol. The Morgan fingerprint density at radius 1 is 1.33 bits per heavy atom. The van der Waals surface area contributed by atoms with E-state index < -0.39 is 12.0 Å². The third-order valence-electron chi connectivity index (χ3n) is 3.27. The molecule has 140 valence electrons. The van der Waals surface area contributed by atoms with Crippen LogP contribution in [0.4, 0.5) is 10.6 Å². The van der Waals surface area contributed by atoms with Crippen LogP contribution >= 0.6 is 0 Å². The van der Waals surface area contributed by atoms with Gasteiger partial charge in [0.1, 0.15) is 12.4 Å². The maximum absolute atomic E-state index is 12.2. The van der Waals surface area contributed by atoms with Gasteiger partial charge in [-0.05, 0) is 19.1 Å². The summed E-state index contributed by atoms with van der Waals surface area (Å²) in [7, 11) is 0. The smallest absolute Gasteiger partial charge is 0.347 e. The molecule has 5 N–H and O–H groups in total. The molecule has 0 fully saturated rings. The molecule has 1 heterocycles. The van der Waals surface area contributed by atoms with E-state index in [4.69, 9.17) is 26.2 Å². The van der Waals surface area contributed by atoms with Gasteiger partial charge in [0.05, 0.1) is 24.8 Å². The van der Waals surface area contributed by atoms with Gasteiger partial charge in [0.15, 0.2) is 11.4 Å². The fourth-order valence-electron chi connectivity index (χ4n) is 2.14. The summed E-state index contributed by atoms with van der Waals surface area (Å²) in [5.74, 6) is -0.774. The number of carbonyl (C=O) groups is 2. The van der Waals surface area contributed by atoms with Crippen LogP contribution in [0.15, 0.2) is 24.3 Å². The van der Waals surface area contributed by atoms with E-state index in [-0.39, 0.29) is 42.8 Å². The van der Waals surface area contributed by atoms with Crippen LogP contribution in [-0.2, 0) is 4.74 Å². The SMILES string of the molecule is CCOC(=O)c1c(N)nc(-c2cccc(C#N)c2)nc1OCCNC(N)=O. The van der Waals surface area contributed by atoms with E-state index in [0.717, 1.165) is 0 Å². The van der Waals surface area contributed by atoms with Crippen LogP contribution in [0.25, 0.3) is 11.4 Å². The van der Waals surface area contributed by atoms with Crippen molar-refractivity contribution in [3.63, 3.8) is 0 Å². The van der Waals surface area contributed by atoms with Crippen LogP contribution in [0, 0.1) is 11.3 Å². The number of urea groups is 1. The lowest BCUT2D eigenvalue weighted by molar-refractivity contribution is 0.0521. The number of nitrogens with two attached hydrogens (primary N) is 2. The van der Waals surface area contributed by atoms with Crippen LogP contribution in [0.3, 0.4) is 0 Å². The molecule has 2 amide bonds. The minimum Gasteiger partial charge on any atom is -0.475 e. The van der Waals surface area contributed by atoms with E-state index in [0.29, 0.717) is 11.1 Å². The van der Waals surface area contributed by atoms with Gasteiger partial charge in [-0.15, -0.1) is 0 Å². The second kappa shape index (κ2) is 9.00. The standard InChI is InChI=1S/C17H18N6O4/c1-2-26-16(24)12-13(19)22-14(11-5-3-4-10(8-11)9-18)23-15(12)27-7-6-21-17(20)25/h3-5,8H,2,6-7H2,1H3,(H2,19,22,23)(H3,20,21,25). The van der Waals surface area contributed by atoms with Crippen molar-refractivity contribution in [2.24, 2.45) is 5.73 Å². The molecule has 0 aliphatic heterocycles. The second-order valence-electron chi connectivity index (χ2n) is 5.17. The number of aromatic nitrogens is 2. The number of nitriles is 1. The lowest BCUT2D eigenvalue weighted by Gasteiger charge is -2.13. The summed E-state index contributed by atoms with van der Waals surface area (Å²) in [5.41, 5.74) is 11.7. The van der Waals surface area contributed by atoms with Gasteiger partial charge in [-0.2, -0.15) is 10.2 Å². The molecule has 10 nitrogen and oxygen atoms in total. The summed E-state index contributed by atoms with van der Waals surface area (Å²) >= 11 is 0. The third-order valence-corrected chi connectivity index (χ3v) is 3.27. The first-order chi connectivity index (χ1) is 13.0. The number of anilines is 1. The Bertz CT molecular complexity index is 893. The van der Waals surface area contributed by atoms with Crippen molar-refractivity contribution in [3.05, 3.63) is 35.4 Å². The largest absolute Gasteiger partial charge is 0.475 e. The Morgan fingerprint density at radius 2 is 2.11 bits per heavy atom. The zero-order chi connectivity index (χ0) is 19.8. The molecule has 1 aromatic heterocycles. The Labute approximate surface area is 155 Å².